The maximum absolute atomic E-state index is 12.6. The van der Waals surface area contributed by atoms with Crippen molar-refractivity contribution in [2.24, 2.45) is 0 Å². The monoisotopic (exact) mass is 368 g/mol. The predicted octanol–water partition coefficient (Wildman–Crippen LogP) is 4.16. The van der Waals surface area contributed by atoms with Crippen LogP contribution in [0.5, 0.6) is 0 Å². The number of carbonyl (C=O) groups is 1. The van der Waals surface area contributed by atoms with Crippen LogP contribution in [0.3, 0.4) is 0 Å². The summed E-state index contributed by atoms with van der Waals surface area (Å²) in [5.74, 6) is -0.263. The van der Waals surface area contributed by atoms with Crippen LogP contribution in [-0.2, 0) is 4.79 Å². The zero-order chi connectivity index (χ0) is 17.4. The first-order valence-corrected chi connectivity index (χ1v) is 9.06. The Kier molecular flexibility index (Phi) is 3.98. The smallest absolute Gasteiger partial charge is 0.273 e. The van der Waals surface area contributed by atoms with Crippen LogP contribution >= 0.6 is 23.1 Å². The number of rotatable bonds is 3. The van der Waals surface area contributed by atoms with E-state index < -0.39 is 0 Å². The van der Waals surface area contributed by atoms with Crippen LogP contribution in [0, 0.1) is 12.3 Å². The Morgan fingerprint density at radius 1 is 1.28 bits per heavy atom. The summed E-state index contributed by atoms with van der Waals surface area (Å²) in [6, 6.07) is 7.91. The molecule has 4 rings (SSSR count). The number of carbonyl (C=O) groups excluding carboxylic acids is 1. The molecule has 2 aromatic heterocycles. The Hall–Kier alpha value is -2.71. The maximum atomic E-state index is 12.6. The summed E-state index contributed by atoms with van der Waals surface area (Å²) >= 11 is 2.42. The third-order valence-electron chi connectivity index (χ3n) is 3.64. The zero-order valence-corrected chi connectivity index (χ0v) is 14.7. The standard InChI is InChI=1S/C17H12N4O2S2/c1-10-2-4-11(5-3-10)14-12(9-23-20-14)8-13-15(22)21(16(18)25-13)17-19-6-7-24-17/h2-9,18H,1H3/b13-8-,18-16?. The van der Waals surface area contributed by atoms with Crippen LogP contribution < -0.4 is 4.90 Å². The minimum absolute atomic E-state index is 0.138. The first kappa shape index (κ1) is 15.8. The van der Waals surface area contributed by atoms with Crippen LogP contribution in [0.2, 0.25) is 0 Å². The minimum atomic E-state index is -0.263. The molecule has 6 nitrogen and oxygen atoms in total. The first-order valence-electron chi connectivity index (χ1n) is 7.37. The van der Waals surface area contributed by atoms with Gasteiger partial charge < -0.3 is 4.52 Å². The molecule has 1 aliphatic heterocycles. The molecule has 0 radical (unpaired) electrons. The van der Waals surface area contributed by atoms with E-state index in [1.54, 1.807) is 17.7 Å². The second kappa shape index (κ2) is 6.30. The molecule has 25 heavy (non-hydrogen) atoms. The quantitative estimate of drug-likeness (QED) is 0.702. The third kappa shape index (κ3) is 2.90. The number of anilines is 1. The summed E-state index contributed by atoms with van der Waals surface area (Å²) in [5, 5.41) is 14.5. The highest BCUT2D eigenvalue weighted by atomic mass is 32.2. The van der Waals surface area contributed by atoms with Crippen molar-refractivity contribution in [2.75, 3.05) is 4.90 Å². The van der Waals surface area contributed by atoms with Crippen molar-refractivity contribution in [1.82, 2.24) is 10.1 Å². The van der Waals surface area contributed by atoms with E-state index in [1.807, 2.05) is 31.2 Å². The van der Waals surface area contributed by atoms with Gasteiger partial charge in [-0.1, -0.05) is 35.0 Å². The molecule has 0 bridgehead atoms. The number of thioether (sulfide) groups is 1. The van der Waals surface area contributed by atoms with Crippen LogP contribution in [0.4, 0.5) is 5.13 Å². The summed E-state index contributed by atoms with van der Waals surface area (Å²) in [6.45, 7) is 2.02. The van der Waals surface area contributed by atoms with Gasteiger partial charge in [-0.3, -0.25) is 10.2 Å². The molecule has 1 N–H and O–H groups in total. The van der Waals surface area contributed by atoms with Gasteiger partial charge in [0.05, 0.1) is 4.91 Å². The molecule has 1 aliphatic rings. The van der Waals surface area contributed by atoms with Gasteiger partial charge in [-0.2, -0.15) is 0 Å². The van der Waals surface area contributed by atoms with Crippen LogP contribution in [0.15, 0.2) is 51.5 Å². The average Bonchev–Trinajstić information content (AvgIpc) is 3.31. The van der Waals surface area contributed by atoms with Gasteiger partial charge in [0, 0.05) is 22.7 Å². The van der Waals surface area contributed by atoms with Gasteiger partial charge >= 0.3 is 0 Å². The van der Waals surface area contributed by atoms with Crippen molar-refractivity contribution in [2.45, 2.75) is 6.92 Å². The topological polar surface area (TPSA) is 83.1 Å². The van der Waals surface area contributed by atoms with E-state index in [1.165, 1.54) is 22.5 Å². The molecular formula is C17H12N4O2S2. The molecule has 3 aromatic rings. The third-order valence-corrected chi connectivity index (χ3v) is 5.29. The Morgan fingerprint density at radius 2 is 2.08 bits per heavy atom. The lowest BCUT2D eigenvalue weighted by Gasteiger charge is -2.08. The van der Waals surface area contributed by atoms with Crippen LogP contribution in [0.25, 0.3) is 17.3 Å². The molecule has 8 heteroatoms. The van der Waals surface area contributed by atoms with Gasteiger partial charge in [-0.15, -0.1) is 11.3 Å². The predicted molar refractivity (Wildman–Crippen MR) is 99.6 cm³/mol. The minimum Gasteiger partial charge on any atom is -0.363 e. The number of thiazole rings is 1. The van der Waals surface area contributed by atoms with Crippen molar-refractivity contribution < 1.29 is 9.32 Å². The molecule has 1 fully saturated rings. The maximum Gasteiger partial charge on any atom is 0.273 e. The van der Waals surface area contributed by atoms with E-state index in [0.29, 0.717) is 21.3 Å². The van der Waals surface area contributed by atoms with E-state index in [9.17, 15) is 4.79 Å². The van der Waals surface area contributed by atoms with Gasteiger partial charge in [0.25, 0.3) is 5.91 Å². The number of hydrogen-bond donors (Lipinski definition) is 1. The van der Waals surface area contributed by atoms with E-state index in [2.05, 4.69) is 10.1 Å². The highest BCUT2D eigenvalue weighted by Crippen LogP contribution is 2.37. The van der Waals surface area contributed by atoms with Crippen molar-refractivity contribution in [3.05, 3.63) is 58.1 Å². The fourth-order valence-electron chi connectivity index (χ4n) is 2.41. The lowest BCUT2D eigenvalue weighted by molar-refractivity contribution is -0.113. The molecule has 1 saturated heterocycles. The van der Waals surface area contributed by atoms with Gasteiger partial charge in [0.2, 0.25) is 0 Å². The molecule has 0 spiro atoms. The lowest BCUT2D eigenvalue weighted by Crippen LogP contribution is -2.27. The molecule has 0 unspecified atom stereocenters. The molecule has 0 atom stereocenters. The normalized spacial score (nSPS) is 16.2. The summed E-state index contributed by atoms with van der Waals surface area (Å²) in [4.78, 5) is 18.5. The average molecular weight is 368 g/mol. The Morgan fingerprint density at radius 3 is 2.80 bits per heavy atom. The molecule has 0 aliphatic carbocycles. The lowest BCUT2D eigenvalue weighted by atomic mass is 10.1. The van der Waals surface area contributed by atoms with Gasteiger partial charge in [-0.05, 0) is 24.8 Å². The molecule has 124 valence electrons. The van der Waals surface area contributed by atoms with Gasteiger partial charge in [-0.25, -0.2) is 9.88 Å². The number of nitrogens with zero attached hydrogens (tertiary/aromatic N) is 3. The van der Waals surface area contributed by atoms with E-state index in [-0.39, 0.29) is 11.1 Å². The van der Waals surface area contributed by atoms with E-state index in [4.69, 9.17) is 9.93 Å². The van der Waals surface area contributed by atoms with E-state index >= 15 is 0 Å². The summed E-state index contributed by atoms with van der Waals surface area (Å²) in [7, 11) is 0. The summed E-state index contributed by atoms with van der Waals surface area (Å²) < 4.78 is 5.11. The van der Waals surface area contributed by atoms with Crippen LogP contribution in [0.1, 0.15) is 11.1 Å². The Labute approximate surface area is 151 Å². The van der Waals surface area contributed by atoms with Crippen molar-refractivity contribution >= 4 is 45.4 Å². The van der Waals surface area contributed by atoms with Gasteiger partial charge in [0.1, 0.15) is 12.0 Å². The number of benzene rings is 1. The molecule has 1 amide bonds. The van der Waals surface area contributed by atoms with Gasteiger partial charge in [0.15, 0.2) is 10.3 Å². The molecular weight excluding hydrogens is 356 g/mol. The molecule has 3 heterocycles. The van der Waals surface area contributed by atoms with Crippen molar-refractivity contribution in [3.8, 4) is 11.3 Å². The molecule has 0 saturated carbocycles. The second-order valence-electron chi connectivity index (χ2n) is 5.36. The Balaban J connectivity index is 1.69. The second-order valence-corrected chi connectivity index (χ2v) is 7.26. The highest BCUT2D eigenvalue weighted by molar-refractivity contribution is 8.19. The fraction of sp³-hybridized carbons (Fsp3) is 0.0588. The SMILES string of the molecule is Cc1ccc(-c2nocc2/C=C2\SC(=N)N(c3nccs3)C2=O)cc1. The first-order chi connectivity index (χ1) is 12.1. The van der Waals surface area contributed by atoms with Crippen LogP contribution in [-0.4, -0.2) is 21.2 Å². The molecule has 1 aromatic carbocycles. The highest BCUT2D eigenvalue weighted by Gasteiger charge is 2.35. The number of aromatic nitrogens is 2. The number of amides is 1. The summed E-state index contributed by atoms with van der Waals surface area (Å²) in [5.41, 5.74) is 3.43. The van der Waals surface area contributed by atoms with E-state index in [0.717, 1.165) is 22.9 Å². The summed E-state index contributed by atoms with van der Waals surface area (Å²) in [6.07, 6.45) is 4.83. The number of hydrogen-bond acceptors (Lipinski definition) is 7. The zero-order valence-electron chi connectivity index (χ0n) is 13.1. The number of amidine groups is 1. The van der Waals surface area contributed by atoms with Crippen molar-refractivity contribution in [3.63, 3.8) is 0 Å². The largest absolute Gasteiger partial charge is 0.363 e. The fourth-order valence-corrected chi connectivity index (χ4v) is 3.94. The number of nitrogens with one attached hydrogen (secondary N) is 1. The number of aryl methyl sites for hydroxylation is 1. The Bertz CT molecular complexity index is 975. The van der Waals surface area contributed by atoms with Crippen molar-refractivity contribution in [1.29, 1.82) is 5.41 Å².